The topological polar surface area (TPSA) is 30.5 Å². The van der Waals surface area contributed by atoms with E-state index in [9.17, 15) is 0 Å². The Balaban J connectivity index is 1.71. The van der Waals surface area contributed by atoms with E-state index in [1.807, 2.05) is 18.4 Å². The minimum absolute atomic E-state index is 0.0395. The number of thiophene rings is 1. The summed E-state index contributed by atoms with van der Waals surface area (Å²) in [6.45, 7) is 1.45. The zero-order valence-corrected chi connectivity index (χ0v) is 11.9. The lowest BCUT2D eigenvalue weighted by Gasteiger charge is -2.19. The standard InChI is InChI=1S/C15H19NO2S/c1-16-12(9-15-17-6-7-18-15)8-11-10-19-14-5-3-2-4-13(11)14/h2-5,10,12,15-16H,6-9H2,1H3. The van der Waals surface area contributed by atoms with E-state index in [1.165, 1.54) is 15.6 Å². The highest BCUT2D eigenvalue weighted by molar-refractivity contribution is 7.17. The van der Waals surface area contributed by atoms with Crippen molar-refractivity contribution in [2.45, 2.75) is 25.2 Å². The van der Waals surface area contributed by atoms with Crippen molar-refractivity contribution in [3.8, 4) is 0 Å². The number of benzene rings is 1. The summed E-state index contributed by atoms with van der Waals surface area (Å²) >= 11 is 1.82. The van der Waals surface area contributed by atoms with Crippen molar-refractivity contribution in [3.05, 3.63) is 35.2 Å². The maximum Gasteiger partial charge on any atom is 0.159 e. The first-order valence-electron chi connectivity index (χ1n) is 6.72. The van der Waals surface area contributed by atoms with E-state index in [4.69, 9.17) is 9.47 Å². The SMILES string of the molecule is CNC(Cc1csc2ccccc12)CC1OCCO1. The van der Waals surface area contributed by atoms with Gasteiger partial charge in [0.1, 0.15) is 0 Å². The fraction of sp³-hybridized carbons (Fsp3) is 0.467. The van der Waals surface area contributed by atoms with Gasteiger partial charge in [-0.05, 0) is 35.9 Å². The molecule has 102 valence electrons. The van der Waals surface area contributed by atoms with Crippen molar-refractivity contribution in [3.63, 3.8) is 0 Å². The molecule has 0 spiro atoms. The molecule has 0 amide bonds. The number of hydrogen-bond donors (Lipinski definition) is 1. The van der Waals surface area contributed by atoms with Crippen LogP contribution in [0.2, 0.25) is 0 Å². The lowest BCUT2D eigenvalue weighted by molar-refractivity contribution is -0.0522. The molecule has 0 aliphatic carbocycles. The van der Waals surface area contributed by atoms with Crippen LogP contribution >= 0.6 is 11.3 Å². The lowest BCUT2D eigenvalue weighted by Crippen LogP contribution is -2.32. The predicted octanol–water partition coefficient (Wildman–Crippen LogP) is 2.79. The van der Waals surface area contributed by atoms with Crippen LogP contribution in [0.15, 0.2) is 29.6 Å². The smallest absolute Gasteiger partial charge is 0.159 e. The van der Waals surface area contributed by atoms with Gasteiger partial charge in [0.2, 0.25) is 0 Å². The van der Waals surface area contributed by atoms with E-state index in [2.05, 4.69) is 35.0 Å². The fourth-order valence-corrected chi connectivity index (χ4v) is 3.51. The molecule has 0 radical (unpaired) electrons. The third-order valence-corrected chi connectivity index (χ3v) is 4.62. The Bertz CT molecular complexity index is 534. The maximum atomic E-state index is 5.53. The van der Waals surface area contributed by atoms with Gasteiger partial charge in [-0.15, -0.1) is 11.3 Å². The highest BCUT2D eigenvalue weighted by atomic mass is 32.1. The van der Waals surface area contributed by atoms with Gasteiger partial charge in [-0.3, -0.25) is 0 Å². The van der Waals surface area contributed by atoms with Crippen LogP contribution in [0.3, 0.4) is 0 Å². The average molecular weight is 277 g/mol. The molecular formula is C15H19NO2S. The van der Waals surface area contributed by atoms with Crippen LogP contribution in [0.5, 0.6) is 0 Å². The normalized spacial score (nSPS) is 18.2. The minimum atomic E-state index is -0.0395. The van der Waals surface area contributed by atoms with E-state index < -0.39 is 0 Å². The minimum Gasteiger partial charge on any atom is -0.350 e. The first-order chi connectivity index (χ1) is 9.36. The third-order valence-electron chi connectivity index (χ3n) is 3.60. The molecule has 2 aromatic rings. The van der Waals surface area contributed by atoms with Crippen LogP contribution in [-0.4, -0.2) is 32.6 Å². The highest BCUT2D eigenvalue weighted by Gasteiger charge is 2.21. The Kier molecular flexibility index (Phi) is 4.13. The van der Waals surface area contributed by atoms with E-state index in [0.717, 1.165) is 26.1 Å². The molecule has 1 aliphatic rings. The molecule has 19 heavy (non-hydrogen) atoms. The highest BCUT2D eigenvalue weighted by Crippen LogP contribution is 2.27. The summed E-state index contributed by atoms with van der Waals surface area (Å²) in [6, 6.07) is 8.98. The summed E-state index contributed by atoms with van der Waals surface area (Å²) in [5, 5.41) is 7.02. The largest absolute Gasteiger partial charge is 0.350 e. The molecule has 1 fully saturated rings. The van der Waals surface area contributed by atoms with Crippen LogP contribution < -0.4 is 5.32 Å². The van der Waals surface area contributed by atoms with Crippen molar-refractivity contribution in [2.75, 3.05) is 20.3 Å². The van der Waals surface area contributed by atoms with Crippen molar-refractivity contribution in [1.82, 2.24) is 5.32 Å². The van der Waals surface area contributed by atoms with Crippen LogP contribution in [0.25, 0.3) is 10.1 Å². The van der Waals surface area contributed by atoms with Crippen LogP contribution in [0.1, 0.15) is 12.0 Å². The van der Waals surface area contributed by atoms with Crippen molar-refractivity contribution < 1.29 is 9.47 Å². The first kappa shape index (κ1) is 13.1. The van der Waals surface area contributed by atoms with E-state index in [1.54, 1.807) is 0 Å². The van der Waals surface area contributed by atoms with Gasteiger partial charge >= 0.3 is 0 Å². The van der Waals surface area contributed by atoms with Gasteiger partial charge in [0.05, 0.1) is 13.2 Å². The van der Waals surface area contributed by atoms with Crippen molar-refractivity contribution in [2.24, 2.45) is 0 Å². The Morgan fingerprint density at radius 2 is 2.11 bits per heavy atom. The molecule has 4 heteroatoms. The molecule has 3 nitrogen and oxygen atoms in total. The molecule has 1 unspecified atom stereocenters. The predicted molar refractivity (Wildman–Crippen MR) is 78.7 cm³/mol. The summed E-state index contributed by atoms with van der Waals surface area (Å²) in [5.41, 5.74) is 1.41. The molecule has 0 bridgehead atoms. The molecule has 1 aromatic heterocycles. The molecule has 0 saturated carbocycles. The Morgan fingerprint density at radius 3 is 2.89 bits per heavy atom. The molecular weight excluding hydrogens is 258 g/mol. The second kappa shape index (κ2) is 6.01. The first-order valence-corrected chi connectivity index (χ1v) is 7.60. The molecule has 3 rings (SSSR count). The van der Waals surface area contributed by atoms with Gasteiger partial charge in [-0.1, -0.05) is 18.2 Å². The molecule has 1 saturated heterocycles. The fourth-order valence-electron chi connectivity index (χ4n) is 2.54. The molecule has 1 aromatic carbocycles. The zero-order valence-electron chi connectivity index (χ0n) is 11.1. The Hall–Kier alpha value is -0.940. The Labute approximate surface area is 117 Å². The van der Waals surface area contributed by atoms with Crippen molar-refractivity contribution in [1.29, 1.82) is 0 Å². The van der Waals surface area contributed by atoms with Crippen LogP contribution in [0.4, 0.5) is 0 Å². The van der Waals surface area contributed by atoms with Gasteiger partial charge in [0.25, 0.3) is 0 Å². The molecule has 1 N–H and O–H groups in total. The number of fused-ring (bicyclic) bond motifs is 1. The maximum absolute atomic E-state index is 5.53. The van der Waals surface area contributed by atoms with Crippen molar-refractivity contribution >= 4 is 21.4 Å². The summed E-state index contributed by atoms with van der Waals surface area (Å²) < 4.78 is 12.4. The van der Waals surface area contributed by atoms with E-state index in [-0.39, 0.29) is 6.29 Å². The number of hydrogen-bond acceptors (Lipinski definition) is 4. The number of ether oxygens (including phenoxy) is 2. The second-order valence-electron chi connectivity index (χ2n) is 4.85. The number of rotatable bonds is 5. The summed E-state index contributed by atoms with van der Waals surface area (Å²) in [4.78, 5) is 0. The number of nitrogens with one attached hydrogen (secondary N) is 1. The Morgan fingerprint density at radius 1 is 1.32 bits per heavy atom. The quantitative estimate of drug-likeness (QED) is 0.911. The van der Waals surface area contributed by atoms with Gasteiger partial charge in [-0.25, -0.2) is 0 Å². The number of likely N-dealkylation sites (N-methyl/N-ethyl adjacent to an activating group) is 1. The molecule has 2 heterocycles. The molecule has 1 atom stereocenters. The summed E-state index contributed by atoms with van der Waals surface area (Å²) in [6.07, 6.45) is 1.88. The van der Waals surface area contributed by atoms with Gasteiger partial charge in [-0.2, -0.15) is 0 Å². The zero-order chi connectivity index (χ0) is 13.1. The lowest BCUT2D eigenvalue weighted by atomic mass is 10.0. The van der Waals surface area contributed by atoms with Gasteiger partial charge < -0.3 is 14.8 Å². The monoisotopic (exact) mass is 277 g/mol. The average Bonchev–Trinajstić information content (AvgIpc) is 3.08. The summed E-state index contributed by atoms with van der Waals surface area (Å²) in [7, 11) is 2.01. The second-order valence-corrected chi connectivity index (χ2v) is 5.76. The summed E-state index contributed by atoms with van der Waals surface area (Å²) in [5.74, 6) is 0. The van der Waals surface area contributed by atoms with Crippen LogP contribution in [0, 0.1) is 0 Å². The van der Waals surface area contributed by atoms with Gasteiger partial charge in [0.15, 0.2) is 6.29 Å². The molecule has 1 aliphatic heterocycles. The van der Waals surface area contributed by atoms with E-state index in [0.29, 0.717) is 6.04 Å². The van der Waals surface area contributed by atoms with E-state index >= 15 is 0 Å². The third kappa shape index (κ3) is 2.98. The van der Waals surface area contributed by atoms with Gasteiger partial charge in [0, 0.05) is 17.2 Å². The van der Waals surface area contributed by atoms with Crippen LogP contribution in [-0.2, 0) is 15.9 Å².